The van der Waals surface area contributed by atoms with Gasteiger partial charge in [-0.05, 0) is 17.5 Å². The van der Waals surface area contributed by atoms with Crippen LogP contribution in [0.2, 0.25) is 0 Å². The largest absolute Gasteiger partial charge is 0.303 e. The van der Waals surface area contributed by atoms with E-state index in [9.17, 15) is 4.79 Å². The molecule has 0 saturated carbocycles. The normalized spacial score (nSPS) is 25.2. The molecule has 0 aromatic heterocycles. The Morgan fingerprint density at radius 2 is 2.15 bits per heavy atom. The molecule has 66 valence electrons. The number of rotatable bonds is 2. The number of hydrogen-bond acceptors (Lipinski definition) is 1. The van der Waals surface area contributed by atoms with Crippen molar-refractivity contribution in [3.63, 3.8) is 0 Å². The summed E-state index contributed by atoms with van der Waals surface area (Å²) in [5.74, 6) is 0.337. The summed E-state index contributed by atoms with van der Waals surface area (Å²) in [6, 6.07) is 8.22. The van der Waals surface area contributed by atoms with Crippen LogP contribution in [-0.2, 0) is 11.2 Å². The Morgan fingerprint density at radius 3 is 2.85 bits per heavy atom. The van der Waals surface area contributed by atoms with Crippen molar-refractivity contribution in [2.75, 3.05) is 0 Å². The van der Waals surface area contributed by atoms with E-state index in [1.54, 1.807) is 0 Å². The summed E-state index contributed by atoms with van der Waals surface area (Å²) < 4.78 is 0. The van der Waals surface area contributed by atoms with Gasteiger partial charge in [-0.25, -0.2) is 0 Å². The van der Waals surface area contributed by atoms with Gasteiger partial charge in [-0.2, -0.15) is 0 Å². The third-order valence-electron chi connectivity index (χ3n) is 2.76. The average molecular weight is 172 g/mol. The second kappa shape index (κ2) is 3.17. The molecule has 0 N–H and O–H groups in total. The first-order valence-corrected chi connectivity index (χ1v) is 4.52. The fraction of sp³-hybridized carbons (Fsp3) is 0.250. The molecule has 0 spiro atoms. The topological polar surface area (TPSA) is 17.1 Å². The van der Waals surface area contributed by atoms with E-state index >= 15 is 0 Å². The standard InChI is InChI=1S/C12H12O/c1-2-11-10(8-13)7-9-5-3-4-6-12(9)11/h2-6,8,10-11H,1,7H2/t10-,11-/m1/s1. The number of allylic oxidation sites excluding steroid dienone is 1. The van der Waals surface area contributed by atoms with Gasteiger partial charge < -0.3 is 4.79 Å². The maximum absolute atomic E-state index is 10.8. The second-order valence-electron chi connectivity index (χ2n) is 3.46. The van der Waals surface area contributed by atoms with Gasteiger partial charge in [-0.1, -0.05) is 30.3 Å². The van der Waals surface area contributed by atoms with E-state index in [0.717, 1.165) is 12.7 Å². The lowest BCUT2D eigenvalue weighted by Gasteiger charge is -2.08. The van der Waals surface area contributed by atoms with E-state index in [4.69, 9.17) is 0 Å². The van der Waals surface area contributed by atoms with Crippen LogP contribution < -0.4 is 0 Å². The molecule has 0 bridgehead atoms. The minimum Gasteiger partial charge on any atom is -0.303 e. The number of carbonyl (C=O) groups excluding carboxylic acids is 1. The van der Waals surface area contributed by atoms with Crippen molar-refractivity contribution in [2.45, 2.75) is 12.3 Å². The minimum atomic E-state index is 0.106. The van der Waals surface area contributed by atoms with Crippen LogP contribution in [0.3, 0.4) is 0 Å². The molecule has 1 aromatic rings. The molecule has 1 aliphatic carbocycles. The van der Waals surface area contributed by atoms with Crippen LogP contribution in [0.15, 0.2) is 36.9 Å². The Labute approximate surface area is 78.1 Å². The Morgan fingerprint density at radius 1 is 1.38 bits per heavy atom. The highest BCUT2D eigenvalue weighted by atomic mass is 16.1. The molecule has 1 aliphatic rings. The fourth-order valence-corrected chi connectivity index (χ4v) is 2.09. The fourth-order valence-electron chi connectivity index (χ4n) is 2.09. The summed E-state index contributed by atoms with van der Waals surface area (Å²) >= 11 is 0. The molecule has 0 heterocycles. The van der Waals surface area contributed by atoms with Gasteiger partial charge in [0.15, 0.2) is 0 Å². The molecule has 1 nitrogen and oxygen atoms in total. The SMILES string of the molecule is C=C[C@H]1c2ccccc2C[C@@H]1C=O. The van der Waals surface area contributed by atoms with Gasteiger partial charge in [-0.15, -0.1) is 6.58 Å². The highest BCUT2D eigenvalue weighted by molar-refractivity contribution is 5.61. The zero-order chi connectivity index (χ0) is 9.26. The van der Waals surface area contributed by atoms with Gasteiger partial charge >= 0.3 is 0 Å². The van der Waals surface area contributed by atoms with E-state index in [-0.39, 0.29) is 11.8 Å². The van der Waals surface area contributed by atoms with E-state index in [1.807, 2.05) is 18.2 Å². The monoisotopic (exact) mass is 172 g/mol. The third-order valence-corrected chi connectivity index (χ3v) is 2.76. The number of benzene rings is 1. The Hall–Kier alpha value is -1.37. The number of carbonyl (C=O) groups is 1. The molecule has 0 saturated heterocycles. The molecule has 2 rings (SSSR count). The summed E-state index contributed by atoms with van der Waals surface area (Å²) in [4.78, 5) is 10.8. The van der Waals surface area contributed by atoms with Crippen LogP contribution in [-0.4, -0.2) is 6.29 Å². The Balaban J connectivity index is 2.45. The van der Waals surface area contributed by atoms with Gasteiger partial charge in [-0.3, -0.25) is 0 Å². The molecule has 0 radical (unpaired) electrons. The molecular formula is C12H12O. The lowest BCUT2D eigenvalue weighted by atomic mass is 9.94. The third kappa shape index (κ3) is 1.21. The van der Waals surface area contributed by atoms with Crippen molar-refractivity contribution in [3.05, 3.63) is 48.0 Å². The summed E-state index contributed by atoms with van der Waals surface area (Å²) in [5.41, 5.74) is 2.57. The van der Waals surface area contributed by atoms with Crippen LogP contribution in [0.1, 0.15) is 17.0 Å². The highest BCUT2D eigenvalue weighted by Gasteiger charge is 2.29. The van der Waals surface area contributed by atoms with Crippen molar-refractivity contribution in [1.82, 2.24) is 0 Å². The predicted octanol–water partition coefficient (Wildman–Crippen LogP) is 2.33. The molecule has 0 fully saturated rings. The smallest absolute Gasteiger partial charge is 0.124 e. The molecule has 1 aromatic carbocycles. The first-order valence-electron chi connectivity index (χ1n) is 4.52. The molecule has 0 unspecified atom stereocenters. The average Bonchev–Trinajstić information content (AvgIpc) is 2.55. The minimum absolute atomic E-state index is 0.106. The maximum Gasteiger partial charge on any atom is 0.124 e. The van der Waals surface area contributed by atoms with Crippen molar-refractivity contribution < 1.29 is 4.79 Å². The summed E-state index contributed by atoms with van der Waals surface area (Å²) in [6.45, 7) is 3.78. The quantitative estimate of drug-likeness (QED) is 0.494. The predicted molar refractivity (Wildman–Crippen MR) is 52.6 cm³/mol. The highest BCUT2D eigenvalue weighted by Crippen LogP contribution is 2.37. The molecule has 0 amide bonds. The zero-order valence-electron chi connectivity index (χ0n) is 7.44. The van der Waals surface area contributed by atoms with E-state index < -0.39 is 0 Å². The molecular weight excluding hydrogens is 160 g/mol. The van der Waals surface area contributed by atoms with Crippen LogP contribution in [0.25, 0.3) is 0 Å². The van der Waals surface area contributed by atoms with Crippen LogP contribution in [0, 0.1) is 5.92 Å². The first-order chi connectivity index (χ1) is 6.36. The van der Waals surface area contributed by atoms with E-state index in [1.165, 1.54) is 11.1 Å². The second-order valence-corrected chi connectivity index (χ2v) is 3.46. The van der Waals surface area contributed by atoms with E-state index in [2.05, 4.69) is 18.7 Å². The van der Waals surface area contributed by atoms with Crippen LogP contribution >= 0.6 is 0 Å². The van der Waals surface area contributed by atoms with Gasteiger partial charge in [0, 0.05) is 11.8 Å². The Kier molecular flexibility index (Phi) is 2.01. The van der Waals surface area contributed by atoms with Crippen molar-refractivity contribution in [3.8, 4) is 0 Å². The molecule has 1 heteroatoms. The summed E-state index contributed by atoms with van der Waals surface area (Å²) in [5, 5.41) is 0. The summed E-state index contributed by atoms with van der Waals surface area (Å²) in [6.07, 6.45) is 3.80. The zero-order valence-corrected chi connectivity index (χ0v) is 7.44. The van der Waals surface area contributed by atoms with Crippen LogP contribution in [0.4, 0.5) is 0 Å². The first kappa shape index (κ1) is 8.24. The van der Waals surface area contributed by atoms with Crippen molar-refractivity contribution in [2.24, 2.45) is 5.92 Å². The molecule has 0 aliphatic heterocycles. The Bertz CT molecular complexity index is 341. The number of fused-ring (bicyclic) bond motifs is 1. The van der Waals surface area contributed by atoms with Gasteiger partial charge in [0.2, 0.25) is 0 Å². The molecule has 2 atom stereocenters. The summed E-state index contributed by atoms with van der Waals surface area (Å²) in [7, 11) is 0. The van der Waals surface area contributed by atoms with Crippen molar-refractivity contribution >= 4 is 6.29 Å². The number of aldehydes is 1. The van der Waals surface area contributed by atoms with Crippen LogP contribution in [0.5, 0.6) is 0 Å². The lowest BCUT2D eigenvalue weighted by Crippen LogP contribution is -2.06. The van der Waals surface area contributed by atoms with Gasteiger partial charge in [0.1, 0.15) is 6.29 Å². The van der Waals surface area contributed by atoms with Gasteiger partial charge in [0.25, 0.3) is 0 Å². The molecule has 13 heavy (non-hydrogen) atoms. The van der Waals surface area contributed by atoms with Gasteiger partial charge in [0.05, 0.1) is 0 Å². The maximum atomic E-state index is 10.8. The lowest BCUT2D eigenvalue weighted by molar-refractivity contribution is -0.111. The van der Waals surface area contributed by atoms with Crippen molar-refractivity contribution in [1.29, 1.82) is 0 Å². The number of hydrogen-bond donors (Lipinski definition) is 0. The van der Waals surface area contributed by atoms with E-state index in [0.29, 0.717) is 0 Å².